The molecule has 0 saturated heterocycles. The van der Waals surface area contributed by atoms with E-state index in [1.165, 1.54) is 11.3 Å². The Balaban J connectivity index is 1.86. The van der Waals surface area contributed by atoms with E-state index in [0.717, 1.165) is 10.2 Å². The van der Waals surface area contributed by atoms with E-state index in [0.29, 0.717) is 20.7 Å². The Morgan fingerprint density at radius 2 is 1.75 bits per heavy atom. The number of carbonyl (C=O) groups excluding carboxylic acids is 1. The van der Waals surface area contributed by atoms with Gasteiger partial charge in [0, 0.05) is 15.7 Å². The molecule has 20 heavy (non-hydrogen) atoms. The van der Waals surface area contributed by atoms with Crippen molar-refractivity contribution in [2.45, 2.75) is 0 Å². The van der Waals surface area contributed by atoms with E-state index >= 15 is 0 Å². The van der Waals surface area contributed by atoms with E-state index in [1.807, 2.05) is 6.07 Å². The molecule has 0 aliphatic heterocycles. The number of nitrogens with zero attached hydrogens (tertiary/aromatic N) is 1. The lowest BCUT2D eigenvalue weighted by atomic mass is 10.3. The van der Waals surface area contributed by atoms with Gasteiger partial charge in [-0.3, -0.25) is 4.79 Å². The van der Waals surface area contributed by atoms with Crippen LogP contribution in [0.4, 0.5) is 5.69 Å². The van der Waals surface area contributed by atoms with Gasteiger partial charge in [0.15, 0.2) is 5.01 Å². The van der Waals surface area contributed by atoms with Gasteiger partial charge in [0.05, 0.1) is 10.2 Å². The average molecular weight is 323 g/mol. The number of carbonyl (C=O) groups is 1. The van der Waals surface area contributed by atoms with Crippen molar-refractivity contribution in [3.05, 3.63) is 57.5 Å². The van der Waals surface area contributed by atoms with Crippen molar-refractivity contribution >= 4 is 56.3 Å². The summed E-state index contributed by atoms with van der Waals surface area (Å²) >= 11 is 13.0. The van der Waals surface area contributed by atoms with E-state index in [1.54, 1.807) is 36.4 Å². The highest BCUT2D eigenvalue weighted by atomic mass is 35.5. The summed E-state index contributed by atoms with van der Waals surface area (Å²) in [7, 11) is 0. The summed E-state index contributed by atoms with van der Waals surface area (Å²) in [4.78, 5) is 16.4. The molecular formula is C14H8Cl2N2OS. The van der Waals surface area contributed by atoms with Gasteiger partial charge < -0.3 is 5.32 Å². The van der Waals surface area contributed by atoms with Crippen LogP contribution in [0.2, 0.25) is 10.0 Å². The number of nitrogens with one attached hydrogen (secondary N) is 1. The zero-order valence-electron chi connectivity index (χ0n) is 10.1. The van der Waals surface area contributed by atoms with Gasteiger partial charge in [0.2, 0.25) is 0 Å². The normalized spacial score (nSPS) is 10.7. The Bertz CT molecular complexity index is 783. The lowest BCUT2D eigenvalue weighted by Crippen LogP contribution is -2.11. The van der Waals surface area contributed by atoms with Crippen molar-refractivity contribution in [3.8, 4) is 0 Å². The molecule has 2 aromatic carbocycles. The third-order valence-electron chi connectivity index (χ3n) is 2.65. The molecule has 0 fully saturated rings. The van der Waals surface area contributed by atoms with Crippen LogP contribution in [0.15, 0.2) is 42.5 Å². The number of rotatable bonds is 2. The Kier molecular flexibility index (Phi) is 3.61. The molecule has 6 heteroatoms. The van der Waals surface area contributed by atoms with Gasteiger partial charge in [-0.2, -0.15) is 0 Å². The maximum atomic E-state index is 12.1. The first-order valence-electron chi connectivity index (χ1n) is 5.75. The summed E-state index contributed by atoms with van der Waals surface area (Å²) in [6.07, 6.45) is 0. The Hall–Kier alpha value is -1.62. The molecule has 0 spiro atoms. The number of thiazole rings is 1. The minimum absolute atomic E-state index is 0.246. The van der Waals surface area contributed by atoms with Crippen molar-refractivity contribution in [3.63, 3.8) is 0 Å². The molecule has 0 aliphatic rings. The quantitative estimate of drug-likeness (QED) is 0.732. The summed E-state index contributed by atoms with van der Waals surface area (Å²) in [5.41, 5.74) is 1.40. The van der Waals surface area contributed by atoms with Crippen LogP contribution in [0.3, 0.4) is 0 Å². The van der Waals surface area contributed by atoms with Crippen molar-refractivity contribution in [1.82, 2.24) is 4.98 Å². The second-order valence-corrected chi connectivity index (χ2v) is 6.00. The average Bonchev–Trinajstić information content (AvgIpc) is 2.84. The van der Waals surface area contributed by atoms with E-state index < -0.39 is 0 Å². The molecule has 0 aliphatic carbocycles. The fourth-order valence-corrected chi connectivity index (χ4v) is 2.85. The topological polar surface area (TPSA) is 42.0 Å². The number of fused-ring (bicyclic) bond motifs is 1. The number of hydrogen-bond acceptors (Lipinski definition) is 3. The first kappa shape index (κ1) is 13.4. The summed E-state index contributed by atoms with van der Waals surface area (Å²) in [5, 5.41) is 4.41. The molecule has 1 amide bonds. The maximum absolute atomic E-state index is 12.1. The van der Waals surface area contributed by atoms with Gasteiger partial charge in [0.25, 0.3) is 5.91 Å². The fourth-order valence-electron chi connectivity index (χ4n) is 1.72. The highest BCUT2D eigenvalue weighted by Gasteiger charge is 2.12. The SMILES string of the molecule is O=C(Nc1ccc(Cl)cc1)c1nc2cc(Cl)ccc2s1. The number of anilines is 1. The molecule has 3 rings (SSSR count). The van der Waals surface area contributed by atoms with Crippen LogP contribution in [0.25, 0.3) is 10.2 Å². The molecular weight excluding hydrogens is 315 g/mol. The first-order valence-corrected chi connectivity index (χ1v) is 7.32. The fraction of sp³-hybridized carbons (Fsp3) is 0. The second-order valence-electron chi connectivity index (χ2n) is 4.09. The predicted octanol–water partition coefficient (Wildman–Crippen LogP) is 4.86. The van der Waals surface area contributed by atoms with Crippen LogP contribution in [0.1, 0.15) is 9.80 Å². The predicted molar refractivity (Wildman–Crippen MR) is 84.0 cm³/mol. The van der Waals surface area contributed by atoms with E-state index in [4.69, 9.17) is 23.2 Å². The standard InChI is InChI=1S/C14H8Cl2N2OS/c15-8-1-4-10(5-2-8)17-13(19)14-18-11-7-9(16)3-6-12(11)20-14/h1-7H,(H,17,19). The largest absolute Gasteiger partial charge is 0.320 e. The monoisotopic (exact) mass is 322 g/mol. The third-order valence-corrected chi connectivity index (χ3v) is 4.17. The summed E-state index contributed by atoms with van der Waals surface area (Å²) in [6, 6.07) is 12.3. The lowest BCUT2D eigenvalue weighted by molar-refractivity contribution is 0.102. The number of aromatic nitrogens is 1. The van der Waals surface area contributed by atoms with E-state index in [2.05, 4.69) is 10.3 Å². The van der Waals surface area contributed by atoms with Gasteiger partial charge >= 0.3 is 0 Å². The Morgan fingerprint density at radius 3 is 2.50 bits per heavy atom. The van der Waals surface area contributed by atoms with Crippen LogP contribution in [0, 0.1) is 0 Å². The van der Waals surface area contributed by atoms with Crippen LogP contribution in [-0.4, -0.2) is 10.9 Å². The van der Waals surface area contributed by atoms with Gasteiger partial charge in [-0.15, -0.1) is 11.3 Å². The van der Waals surface area contributed by atoms with Crippen LogP contribution in [0.5, 0.6) is 0 Å². The van der Waals surface area contributed by atoms with Gasteiger partial charge in [-0.05, 0) is 42.5 Å². The lowest BCUT2D eigenvalue weighted by Gasteiger charge is -2.02. The first-order chi connectivity index (χ1) is 9.61. The van der Waals surface area contributed by atoms with Crippen LogP contribution >= 0.6 is 34.5 Å². The third kappa shape index (κ3) is 2.77. The minimum Gasteiger partial charge on any atom is -0.320 e. The minimum atomic E-state index is -0.246. The summed E-state index contributed by atoms with van der Waals surface area (Å²) in [5.74, 6) is -0.246. The van der Waals surface area contributed by atoms with E-state index in [9.17, 15) is 4.79 Å². The molecule has 0 unspecified atom stereocenters. The summed E-state index contributed by atoms with van der Waals surface area (Å²) in [6.45, 7) is 0. The number of amides is 1. The Morgan fingerprint density at radius 1 is 1.05 bits per heavy atom. The van der Waals surface area contributed by atoms with Gasteiger partial charge in [0.1, 0.15) is 0 Å². The number of halogens is 2. The van der Waals surface area contributed by atoms with Crippen molar-refractivity contribution in [1.29, 1.82) is 0 Å². The number of hydrogen-bond donors (Lipinski definition) is 1. The highest BCUT2D eigenvalue weighted by molar-refractivity contribution is 7.20. The van der Waals surface area contributed by atoms with Crippen molar-refractivity contribution in [2.24, 2.45) is 0 Å². The molecule has 0 saturated carbocycles. The smallest absolute Gasteiger partial charge is 0.284 e. The molecule has 0 radical (unpaired) electrons. The molecule has 100 valence electrons. The maximum Gasteiger partial charge on any atom is 0.284 e. The highest BCUT2D eigenvalue weighted by Crippen LogP contribution is 2.25. The van der Waals surface area contributed by atoms with Crippen LogP contribution in [-0.2, 0) is 0 Å². The summed E-state index contributed by atoms with van der Waals surface area (Å²) < 4.78 is 0.927. The van der Waals surface area contributed by atoms with Gasteiger partial charge in [-0.25, -0.2) is 4.98 Å². The van der Waals surface area contributed by atoms with Crippen molar-refractivity contribution < 1.29 is 4.79 Å². The molecule has 1 aromatic heterocycles. The molecule has 3 nitrogen and oxygen atoms in total. The number of benzene rings is 2. The molecule has 0 atom stereocenters. The molecule has 1 heterocycles. The van der Waals surface area contributed by atoms with E-state index in [-0.39, 0.29) is 5.91 Å². The zero-order valence-corrected chi connectivity index (χ0v) is 12.4. The molecule has 3 aromatic rings. The Labute approximate surface area is 129 Å². The molecule has 1 N–H and O–H groups in total. The van der Waals surface area contributed by atoms with Gasteiger partial charge in [-0.1, -0.05) is 23.2 Å². The zero-order chi connectivity index (χ0) is 14.1. The molecule has 0 bridgehead atoms. The van der Waals surface area contributed by atoms with Crippen LogP contribution < -0.4 is 5.32 Å². The second kappa shape index (κ2) is 5.40. The van der Waals surface area contributed by atoms with Crippen molar-refractivity contribution in [2.75, 3.05) is 5.32 Å².